The third-order valence-corrected chi connectivity index (χ3v) is 2.68. The minimum absolute atomic E-state index is 0.727. The van der Waals surface area contributed by atoms with Gasteiger partial charge in [0, 0.05) is 5.33 Å². The van der Waals surface area contributed by atoms with Crippen LogP contribution in [0.4, 0.5) is 0 Å². The zero-order valence-corrected chi connectivity index (χ0v) is 9.05. The minimum Gasteiger partial charge on any atom is -0.0928 e. The molecule has 0 nitrogen and oxygen atoms in total. The summed E-state index contributed by atoms with van der Waals surface area (Å²) < 4.78 is 0. The van der Waals surface area contributed by atoms with E-state index < -0.39 is 0 Å². The first-order valence-corrected chi connectivity index (χ1v) is 5.61. The molecule has 1 rings (SSSR count). The Morgan fingerprint density at radius 2 is 1.92 bits per heavy atom. The monoisotopic (exact) mass is 226 g/mol. The molecule has 1 atom stereocenters. The SMILES string of the molecule is CC[C@@H](CCBr)c1ccccc1. The zero-order chi connectivity index (χ0) is 8.81. The lowest BCUT2D eigenvalue weighted by atomic mass is 9.94. The van der Waals surface area contributed by atoms with Gasteiger partial charge < -0.3 is 0 Å². The molecule has 0 saturated carbocycles. The fraction of sp³-hybridized carbons (Fsp3) is 0.455. The molecule has 0 spiro atoms. The molecule has 66 valence electrons. The van der Waals surface area contributed by atoms with Crippen molar-refractivity contribution in [3.05, 3.63) is 35.9 Å². The van der Waals surface area contributed by atoms with Crippen LogP contribution in [-0.4, -0.2) is 5.33 Å². The molecule has 1 heteroatoms. The summed E-state index contributed by atoms with van der Waals surface area (Å²) in [5.41, 5.74) is 1.47. The third-order valence-electron chi connectivity index (χ3n) is 2.22. The molecule has 0 N–H and O–H groups in total. The Bertz CT molecular complexity index is 206. The van der Waals surface area contributed by atoms with Gasteiger partial charge in [-0.2, -0.15) is 0 Å². The van der Waals surface area contributed by atoms with Crippen LogP contribution < -0.4 is 0 Å². The van der Waals surface area contributed by atoms with Crippen molar-refractivity contribution < 1.29 is 0 Å². The van der Waals surface area contributed by atoms with Crippen molar-refractivity contribution in [2.45, 2.75) is 25.7 Å². The van der Waals surface area contributed by atoms with E-state index in [-0.39, 0.29) is 0 Å². The third kappa shape index (κ3) is 2.63. The zero-order valence-electron chi connectivity index (χ0n) is 7.46. The van der Waals surface area contributed by atoms with Gasteiger partial charge in [0.1, 0.15) is 0 Å². The molecule has 0 unspecified atom stereocenters. The first kappa shape index (κ1) is 9.79. The summed E-state index contributed by atoms with van der Waals surface area (Å²) in [7, 11) is 0. The second-order valence-corrected chi connectivity index (χ2v) is 3.79. The highest BCUT2D eigenvalue weighted by molar-refractivity contribution is 9.09. The van der Waals surface area contributed by atoms with E-state index in [1.54, 1.807) is 0 Å². The minimum atomic E-state index is 0.727. The number of rotatable bonds is 4. The van der Waals surface area contributed by atoms with E-state index >= 15 is 0 Å². The van der Waals surface area contributed by atoms with Crippen LogP contribution in [-0.2, 0) is 0 Å². The van der Waals surface area contributed by atoms with Crippen LogP contribution >= 0.6 is 15.9 Å². The Labute approximate surface area is 83.1 Å². The van der Waals surface area contributed by atoms with Gasteiger partial charge >= 0.3 is 0 Å². The summed E-state index contributed by atoms with van der Waals surface area (Å²) >= 11 is 3.49. The summed E-state index contributed by atoms with van der Waals surface area (Å²) in [6, 6.07) is 10.7. The van der Waals surface area contributed by atoms with Gasteiger partial charge in [-0.05, 0) is 24.3 Å². The fourth-order valence-electron chi connectivity index (χ4n) is 1.46. The van der Waals surface area contributed by atoms with Crippen LogP contribution in [0.15, 0.2) is 30.3 Å². The summed E-state index contributed by atoms with van der Waals surface area (Å²) in [5, 5.41) is 1.10. The molecule has 0 radical (unpaired) electrons. The molecule has 0 saturated heterocycles. The van der Waals surface area contributed by atoms with Crippen LogP contribution in [0, 0.1) is 0 Å². The number of hydrogen-bond donors (Lipinski definition) is 0. The van der Waals surface area contributed by atoms with E-state index in [4.69, 9.17) is 0 Å². The topological polar surface area (TPSA) is 0 Å². The van der Waals surface area contributed by atoms with Gasteiger partial charge in [0.2, 0.25) is 0 Å². The molecule has 0 aliphatic heterocycles. The number of alkyl halides is 1. The maximum atomic E-state index is 3.49. The molecule has 0 aliphatic carbocycles. The second-order valence-electron chi connectivity index (χ2n) is 2.99. The molecule has 0 aromatic heterocycles. The fourth-order valence-corrected chi connectivity index (χ4v) is 2.02. The van der Waals surface area contributed by atoms with Crippen molar-refractivity contribution in [2.24, 2.45) is 0 Å². The van der Waals surface area contributed by atoms with E-state index in [2.05, 4.69) is 53.2 Å². The lowest BCUT2D eigenvalue weighted by molar-refractivity contribution is 0.649. The second kappa shape index (κ2) is 5.36. The molecule has 0 amide bonds. The quantitative estimate of drug-likeness (QED) is 0.683. The Kier molecular flexibility index (Phi) is 4.37. The van der Waals surface area contributed by atoms with Crippen molar-refractivity contribution in [1.29, 1.82) is 0 Å². The van der Waals surface area contributed by atoms with Gasteiger partial charge in [-0.1, -0.05) is 53.2 Å². The molecule has 0 aliphatic rings. The molecular weight excluding hydrogens is 212 g/mol. The van der Waals surface area contributed by atoms with Crippen LogP contribution in [0.1, 0.15) is 31.2 Å². The lowest BCUT2D eigenvalue weighted by Crippen LogP contribution is -1.97. The molecule has 0 fully saturated rings. The molecule has 12 heavy (non-hydrogen) atoms. The Morgan fingerprint density at radius 1 is 1.25 bits per heavy atom. The predicted molar refractivity (Wildman–Crippen MR) is 57.9 cm³/mol. The van der Waals surface area contributed by atoms with Crippen molar-refractivity contribution in [3.63, 3.8) is 0 Å². The highest BCUT2D eigenvalue weighted by Gasteiger charge is 2.06. The number of hydrogen-bond acceptors (Lipinski definition) is 0. The van der Waals surface area contributed by atoms with E-state index in [1.807, 2.05) is 0 Å². The average Bonchev–Trinajstić information content (AvgIpc) is 2.15. The van der Waals surface area contributed by atoms with Crippen molar-refractivity contribution >= 4 is 15.9 Å². The predicted octanol–water partition coefficient (Wildman–Crippen LogP) is 3.97. The first-order chi connectivity index (χ1) is 5.88. The van der Waals surface area contributed by atoms with Crippen LogP contribution in [0.3, 0.4) is 0 Å². The van der Waals surface area contributed by atoms with Crippen LogP contribution in [0.5, 0.6) is 0 Å². The standard InChI is InChI=1S/C11H15Br/c1-2-10(8-9-12)11-6-4-3-5-7-11/h3-7,10H,2,8-9H2,1H3/t10-/m0/s1. The van der Waals surface area contributed by atoms with Crippen molar-refractivity contribution in [3.8, 4) is 0 Å². The van der Waals surface area contributed by atoms with Gasteiger partial charge in [0.15, 0.2) is 0 Å². The summed E-state index contributed by atoms with van der Waals surface area (Å²) in [6.07, 6.45) is 2.47. The van der Waals surface area contributed by atoms with E-state index in [1.165, 1.54) is 18.4 Å². The first-order valence-electron chi connectivity index (χ1n) is 4.49. The van der Waals surface area contributed by atoms with Crippen molar-refractivity contribution in [1.82, 2.24) is 0 Å². The Hall–Kier alpha value is -0.300. The van der Waals surface area contributed by atoms with E-state index in [0.29, 0.717) is 0 Å². The van der Waals surface area contributed by atoms with E-state index in [0.717, 1.165) is 11.2 Å². The maximum Gasteiger partial charge on any atom is 0.00371 e. The molecule has 1 aromatic carbocycles. The van der Waals surface area contributed by atoms with Crippen molar-refractivity contribution in [2.75, 3.05) is 5.33 Å². The van der Waals surface area contributed by atoms with Crippen LogP contribution in [0.2, 0.25) is 0 Å². The average molecular weight is 227 g/mol. The molecule has 0 bridgehead atoms. The highest BCUT2D eigenvalue weighted by atomic mass is 79.9. The highest BCUT2D eigenvalue weighted by Crippen LogP contribution is 2.23. The van der Waals surface area contributed by atoms with Gasteiger partial charge in [0.25, 0.3) is 0 Å². The largest absolute Gasteiger partial charge is 0.0928 e. The maximum absolute atomic E-state index is 3.49. The number of halogens is 1. The van der Waals surface area contributed by atoms with E-state index in [9.17, 15) is 0 Å². The smallest absolute Gasteiger partial charge is 0.00371 e. The lowest BCUT2D eigenvalue weighted by Gasteiger charge is -2.12. The van der Waals surface area contributed by atoms with Gasteiger partial charge in [-0.25, -0.2) is 0 Å². The summed E-state index contributed by atoms with van der Waals surface area (Å²) in [4.78, 5) is 0. The summed E-state index contributed by atoms with van der Waals surface area (Å²) in [6.45, 7) is 2.25. The van der Waals surface area contributed by atoms with Gasteiger partial charge in [-0.15, -0.1) is 0 Å². The molecule has 1 aromatic rings. The molecule has 0 heterocycles. The van der Waals surface area contributed by atoms with Crippen LogP contribution in [0.25, 0.3) is 0 Å². The number of benzene rings is 1. The van der Waals surface area contributed by atoms with Gasteiger partial charge in [-0.3, -0.25) is 0 Å². The summed E-state index contributed by atoms with van der Waals surface area (Å²) in [5.74, 6) is 0.727. The Balaban J connectivity index is 2.66. The molecular formula is C11H15Br. The normalized spacial score (nSPS) is 12.8. The Morgan fingerprint density at radius 3 is 2.42 bits per heavy atom. The van der Waals surface area contributed by atoms with Gasteiger partial charge in [0.05, 0.1) is 0 Å².